The molecule has 3 aromatic rings. The van der Waals surface area contributed by atoms with Crippen LogP contribution in [-0.4, -0.2) is 48.3 Å². The van der Waals surface area contributed by atoms with E-state index in [1.807, 2.05) is 73.7 Å². The van der Waals surface area contributed by atoms with Gasteiger partial charge in [0.1, 0.15) is 6.04 Å². The first-order valence-corrected chi connectivity index (χ1v) is 13.4. The fourth-order valence-electron chi connectivity index (χ4n) is 5.05. The van der Waals surface area contributed by atoms with Crippen LogP contribution in [0.4, 0.5) is 5.69 Å². The van der Waals surface area contributed by atoms with Crippen molar-refractivity contribution < 1.29 is 14.4 Å². The number of hydrogen-bond acceptors (Lipinski definition) is 3. The highest BCUT2D eigenvalue weighted by Gasteiger charge is 2.31. The molecule has 1 aliphatic rings. The fraction of sp³-hybridized carbons (Fsp3) is 0.387. The number of amides is 3. The van der Waals surface area contributed by atoms with Gasteiger partial charge in [-0.1, -0.05) is 75.4 Å². The normalized spacial score (nSPS) is 13.3. The van der Waals surface area contributed by atoms with Crippen LogP contribution in [0, 0.1) is 5.92 Å². The van der Waals surface area contributed by atoms with Crippen molar-refractivity contribution in [3.05, 3.63) is 77.9 Å². The summed E-state index contributed by atoms with van der Waals surface area (Å²) in [7, 11) is 0. The van der Waals surface area contributed by atoms with E-state index in [1.165, 1.54) is 0 Å². The van der Waals surface area contributed by atoms with Crippen LogP contribution in [-0.2, 0) is 16.0 Å². The predicted molar refractivity (Wildman–Crippen MR) is 149 cm³/mol. The quantitative estimate of drug-likeness (QED) is 0.372. The summed E-state index contributed by atoms with van der Waals surface area (Å²) in [5.74, 6) is 0.167. The second-order valence-corrected chi connectivity index (χ2v) is 10.1. The SMILES string of the molecule is CCC(C(=O)NCC(C)C)N(CCc1ccccc1)C(=O)CCCN1C(=O)c2cccc3cccc1c23. The molecule has 3 amide bonds. The van der Waals surface area contributed by atoms with Crippen molar-refractivity contribution in [3.8, 4) is 0 Å². The maximum atomic E-state index is 13.5. The average Bonchev–Trinajstić information content (AvgIpc) is 3.18. The number of rotatable bonds is 12. The first-order chi connectivity index (χ1) is 17.9. The van der Waals surface area contributed by atoms with Gasteiger partial charge in [0, 0.05) is 37.0 Å². The molecule has 0 saturated heterocycles. The van der Waals surface area contributed by atoms with Crippen molar-refractivity contribution in [3.63, 3.8) is 0 Å². The first-order valence-electron chi connectivity index (χ1n) is 13.4. The number of nitrogens with zero attached hydrogens (tertiary/aromatic N) is 2. The third-order valence-electron chi connectivity index (χ3n) is 6.98. The Morgan fingerprint density at radius 1 is 0.973 bits per heavy atom. The van der Waals surface area contributed by atoms with Crippen LogP contribution in [0.25, 0.3) is 10.8 Å². The van der Waals surface area contributed by atoms with Crippen LogP contribution in [0.3, 0.4) is 0 Å². The summed E-state index contributed by atoms with van der Waals surface area (Å²) in [6.07, 6.45) is 2.04. The minimum absolute atomic E-state index is 0.0142. The van der Waals surface area contributed by atoms with Crippen molar-refractivity contribution in [1.29, 1.82) is 0 Å². The van der Waals surface area contributed by atoms with E-state index < -0.39 is 6.04 Å². The van der Waals surface area contributed by atoms with Crippen LogP contribution in [0.15, 0.2) is 66.7 Å². The summed E-state index contributed by atoms with van der Waals surface area (Å²) >= 11 is 0. The van der Waals surface area contributed by atoms with Gasteiger partial charge >= 0.3 is 0 Å². The van der Waals surface area contributed by atoms with Crippen LogP contribution in [0.1, 0.15) is 56.0 Å². The van der Waals surface area contributed by atoms with E-state index in [2.05, 4.69) is 19.2 Å². The zero-order valence-electron chi connectivity index (χ0n) is 22.1. The van der Waals surface area contributed by atoms with E-state index >= 15 is 0 Å². The molecule has 6 nitrogen and oxygen atoms in total. The van der Waals surface area contributed by atoms with E-state index in [-0.39, 0.29) is 24.1 Å². The monoisotopic (exact) mass is 499 g/mol. The predicted octanol–water partition coefficient (Wildman–Crippen LogP) is 5.20. The van der Waals surface area contributed by atoms with Crippen molar-refractivity contribution in [2.45, 2.75) is 52.5 Å². The lowest BCUT2D eigenvalue weighted by Gasteiger charge is -2.31. The molecule has 0 bridgehead atoms. The van der Waals surface area contributed by atoms with Crippen LogP contribution in [0.5, 0.6) is 0 Å². The fourth-order valence-corrected chi connectivity index (χ4v) is 5.05. The van der Waals surface area contributed by atoms with E-state index in [1.54, 1.807) is 9.80 Å². The second kappa shape index (κ2) is 12.0. The molecular formula is C31H37N3O3. The molecule has 1 N–H and O–H groups in total. The number of benzene rings is 3. The van der Waals surface area contributed by atoms with E-state index in [9.17, 15) is 14.4 Å². The van der Waals surface area contributed by atoms with Crippen LogP contribution in [0.2, 0.25) is 0 Å². The Bertz CT molecular complexity index is 1250. The zero-order chi connectivity index (χ0) is 26.4. The minimum Gasteiger partial charge on any atom is -0.354 e. The first kappa shape index (κ1) is 26.4. The third kappa shape index (κ3) is 6.01. The molecule has 1 atom stereocenters. The summed E-state index contributed by atoms with van der Waals surface area (Å²) in [5.41, 5.74) is 2.76. The Labute approximate surface area is 219 Å². The lowest BCUT2D eigenvalue weighted by Crippen LogP contribution is -2.50. The number of hydrogen-bond donors (Lipinski definition) is 1. The largest absolute Gasteiger partial charge is 0.354 e. The van der Waals surface area contributed by atoms with Crippen molar-refractivity contribution in [2.75, 3.05) is 24.5 Å². The van der Waals surface area contributed by atoms with Gasteiger partial charge in [-0.25, -0.2) is 0 Å². The molecular weight excluding hydrogens is 462 g/mol. The number of carbonyl (C=O) groups excluding carboxylic acids is 3. The maximum absolute atomic E-state index is 13.5. The molecule has 3 aromatic carbocycles. The van der Waals surface area contributed by atoms with Crippen LogP contribution < -0.4 is 10.2 Å². The third-order valence-corrected chi connectivity index (χ3v) is 6.98. The summed E-state index contributed by atoms with van der Waals surface area (Å²) in [6.45, 7) is 7.57. The molecule has 1 unspecified atom stereocenters. The summed E-state index contributed by atoms with van der Waals surface area (Å²) in [5, 5.41) is 5.04. The van der Waals surface area contributed by atoms with Crippen LogP contribution >= 0.6 is 0 Å². The Balaban J connectivity index is 1.44. The molecule has 1 heterocycles. The molecule has 0 aliphatic carbocycles. The van der Waals surface area contributed by atoms with E-state index in [0.29, 0.717) is 44.8 Å². The summed E-state index contributed by atoms with van der Waals surface area (Å²) in [4.78, 5) is 43.2. The van der Waals surface area contributed by atoms with Gasteiger partial charge in [-0.3, -0.25) is 14.4 Å². The zero-order valence-corrected chi connectivity index (χ0v) is 22.1. The topological polar surface area (TPSA) is 69.7 Å². The Morgan fingerprint density at radius 2 is 1.70 bits per heavy atom. The van der Waals surface area contributed by atoms with Gasteiger partial charge < -0.3 is 15.1 Å². The maximum Gasteiger partial charge on any atom is 0.258 e. The Hall–Kier alpha value is -3.67. The highest BCUT2D eigenvalue weighted by atomic mass is 16.2. The van der Waals surface area contributed by atoms with Crippen molar-refractivity contribution in [2.24, 2.45) is 5.92 Å². The van der Waals surface area contributed by atoms with Gasteiger partial charge in [-0.15, -0.1) is 0 Å². The molecule has 0 radical (unpaired) electrons. The minimum atomic E-state index is -0.513. The van der Waals surface area contributed by atoms with Gasteiger partial charge in [0.2, 0.25) is 11.8 Å². The molecule has 194 valence electrons. The molecule has 0 fully saturated rings. The number of nitrogens with one attached hydrogen (secondary N) is 1. The molecule has 0 aromatic heterocycles. The molecule has 37 heavy (non-hydrogen) atoms. The molecule has 1 aliphatic heterocycles. The molecule has 6 heteroatoms. The Morgan fingerprint density at radius 3 is 2.41 bits per heavy atom. The number of anilines is 1. The highest BCUT2D eigenvalue weighted by Crippen LogP contribution is 2.37. The average molecular weight is 500 g/mol. The Kier molecular flexibility index (Phi) is 8.59. The second-order valence-electron chi connectivity index (χ2n) is 10.1. The van der Waals surface area contributed by atoms with E-state index in [4.69, 9.17) is 0 Å². The van der Waals surface area contributed by atoms with Gasteiger partial charge in [-0.2, -0.15) is 0 Å². The van der Waals surface area contributed by atoms with Gasteiger partial charge in [0.25, 0.3) is 5.91 Å². The lowest BCUT2D eigenvalue weighted by molar-refractivity contribution is -0.140. The molecule has 4 rings (SSSR count). The summed E-state index contributed by atoms with van der Waals surface area (Å²) < 4.78 is 0. The van der Waals surface area contributed by atoms with Gasteiger partial charge in [0.05, 0.1) is 5.69 Å². The van der Waals surface area contributed by atoms with Gasteiger partial charge in [0.15, 0.2) is 0 Å². The van der Waals surface area contributed by atoms with Crippen molar-refractivity contribution >= 4 is 34.2 Å². The van der Waals surface area contributed by atoms with Gasteiger partial charge in [-0.05, 0) is 48.3 Å². The van der Waals surface area contributed by atoms with Crippen molar-refractivity contribution in [1.82, 2.24) is 10.2 Å². The molecule has 0 spiro atoms. The standard InChI is InChI=1S/C31H37N3O3/c1-4-26(30(36)32-21-22(2)3)33(20-18-23-11-6-5-7-12-23)28(35)17-10-19-34-27-16-9-14-24-13-8-15-25(29(24)27)31(34)37/h5-9,11-16,22,26H,4,10,17-21H2,1-3H3,(H,32,36). The molecule has 0 saturated carbocycles. The summed E-state index contributed by atoms with van der Waals surface area (Å²) in [6, 6.07) is 21.3. The number of carbonyl (C=O) groups is 3. The smallest absolute Gasteiger partial charge is 0.258 e. The highest BCUT2D eigenvalue weighted by molar-refractivity contribution is 6.25. The lowest BCUT2D eigenvalue weighted by atomic mass is 10.1. The van der Waals surface area contributed by atoms with E-state index in [0.717, 1.165) is 27.6 Å².